The highest BCUT2D eigenvalue weighted by Gasteiger charge is 2.51. The Labute approximate surface area is 203 Å². The number of nitrogens with two attached hydrogens (primary N) is 1. The topological polar surface area (TPSA) is 99.5 Å². The van der Waals surface area contributed by atoms with Crippen LogP contribution >= 0.6 is 11.8 Å². The molecule has 5 N–H and O–H groups in total. The minimum atomic E-state index is -0.174. The molecule has 1 saturated carbocycles. The molecule has 0 spiro atoms. The van der Waals surface area contributed by atoms with Crippen LogP contribution in [0.15, 0.2) is 65.2 Å². The predicted octanol–water partition coefficient (Wildman–Crippen LogP) is 3.14. The number of anilines is 1. The van der Waals surface area contributed by atoms with Crippen LogP contribution in [0.4, 0.5) is 10.5 Å². The van der Waals surface area contributed by atoms with Crippen LogP contribution in [0.1, 0.15) is 25.7 Å². The normalized spacial score (nSPS) is 30.2. The van der Waals surface area contributed by atoms with Crippen molar-refractivity contribution >= 4 is 29.4 Å². The first-order valence-corrected chi connectivity index (χ1v) is 12.9. The van der Waals surface area contributed by atoms with Gasteiger partial charge in [0.2, 0.25) is 0 Å². The Morgan fingerprint density at radius 2 is 1.88 bits per heavy atom. The molecule has 4 aliphatic rings. The smallest absolute Gasteiger partial charge is 0.326 e. The van der Waals surface area contributed by atoms with E-state index in [4.69, 9.17) is 5.73 Å². The molecule has 3 heterocycles. The lowest BCUT2D eigenvalue weighted by molar-refractivity contribution is -0.117. The van der Waals surface area contributed by atoms with Crippen molar-refractivity contribution in [3.8, 4) is 11.1 Å². The van der Waals surface area contributed by atoms with Crippen LogP contribution in [0.3, 0.4) is 0 Å². The van der Waals surface area contributed by atoms with Crippen molar-refractivity contribution in [1.29, 1.82) is 0 Å². The molecule has 2 aromatic rings. The molecule has 1 aliphatic carbocycles. The van der Waals surface area contributed by atoms with E-state index < -0.39 is 0 Å². The zero-order chi connectivity index (χ0) is 23.2. The van der Waals surface area contributed by atoms with Gasteiger partial charge in [0.1, 0.15) is 0 Å². The highest BCUT2D eigenvalue weighted by atomic mass is 32.2. The average molecular weight is 476 g/mol. The molecule has 3 amide bonds. The molecule has 6 rings (SSSR count). The third-order valence-electron chi connectivity index (χ3n) is 7.46. The Morgan fingerprint density at radius 1 is 1.06 bits per heavy atom. The minimum absolute atomic E-state index is 0.00225. The van der Waals surface area contributed by atoms with Crippen molar-refractivity contribution in [2.75, 3.05) is 11.4 Å². The fraction of sp³-hybridized carbons (Fsp3) is 0.385. The van der Waals surface area contributed by atoms with E-state index >= 15 is 0 Å². The first kappa shape index (κ1) is 21.7. The van der Waals surface area contributed by atoms with Crippen LogP contribution < -0.4 is 26.6 Å². The zero-order valence-electron chi connectivity index (χ0n) is 18.9. The van der Waals surface area contributed by atoms with Gasteiger partial charge in [-0.1, -0.05) is 54.2 Å². The third-order valence-corrected chi connectivity index (χ3v) is 8.82. The third kappa shape index (κ3) is 3.70. The summed E-state index contributed by atoms with van der Waals surface area (Å²) in [7, 11) is 0. The number of benzene rings is 2. The van der Waals surface area contributed by atoms with Crippen LogP contribution in [0, 0.1) is 5.92 Å². The number of thioether (sulfide) groups is 1. The first-order chi connectivity index (χ1) is 16.6. The molecule has 2 aromatic carbocycles. The summed E-state index contributed by atoms with van der Waals surface area (Å²) in [6.07, 6.45) is 3.71. The Bertz CT molecular complexity index is 1150. The Hall–Kier alpha value is -2.81. The summed E-state index contributed by atoms with van der Waals surface area (Å²) in [4.78, 5) is 29.2. The van der Waals surface area contributed by atoms with Crippen LogP contribution in [0.2, 0.25) is 0 Å². The van der Waals surface area contributed by atoms with E-state index in [0.717, 1.165) is 54.7 Å². The van der Waals surface area contributed by atoms with Crippen LogP contribution in [0.25, 0.3) is 11.1 Å². The number of hydrogen-bond acceptors (Lipinski definition) is 5. The lowest BCUT2D eigenvalue weighted by Gasteiger charge is -2.45. The standard InChI is InChI=1S/C26H29N5O2S/c27-18-10-5-11-19(18)29-24(32)23-22-21-20(12-13-28-25(21)34-23)31(26(33)30-22)17-9-4-8-16(14-17)15-6-2-1-3-7-15/h1-4,6-9,14,18-21,25,28H,5,10-13,27H2,(H,29,32)(H,30,33)/t18-,19+,20?,21?,25?/m0/s1. The first-order valence-electron chi connectivity index (χ1n) is 12.1. The molecule has 5 atom stereocenters. The zero-order valence-corrected chi connectivity index (χ0v) is 19.7. The van der Waals surface area contributed by atoms with Crippen molar-refractivity contribution in [2.24, 2.45) is 11.7 Å². The van der Waals surface area contributed by atoms with Gasteiger partial charge in [-0.2, -0.15) is 0 Å². The fourth-order valence-electron chi connectivity index (χ4n) is 5.79. The summed E-state index contributed by atoms with van der Waals surface area (Å²) in [5.74, 6) is -0.0769. The van der Waals surface area contributed by atoms with Gasteiger partial charge in [-0.15, -0.1) is 0 Å². The molecule has 0 aromatic heterocycles. The van der Waals surface area contributed by atoms with Gasteiger partial charge in [0, 0.05) is 29.4 Å². The van der Waals surface area contributed by atoms with Crippen LogP contribution in [0.5, 0.6) is 0 Å². The maximum atomic E-state index is 13.4. The molecule has 3 unspecified atom stereocenters. The number of nitrogens with zero attached hydrogens (tertiary/aromatic N) is 1. The number of carbonyl (C=O) groups excluding carboxylic acids is 2. The van der Waals surface area contributed by atoms with E-state index in [-0.39, 0.29) is 41.4 Å². The number of nitrogens with one attached hydrogen (secondary N) is 3. The van der Waals surface area contributed by atoms with Crippen LogP contribution in [-0.4, -0.2) is 42.0 Å². The monoisotopic (exact) mass is 475 g/mol. The lowest BCUT2D eigenvalue weighted by Crippen LogP contribution is -2.62. The number of piperidine rings is 1. The van der Waals surface area contributed by atoms with Gasteiger partial charge < -0.3 is 21.7 Å². The number of amides is 3. The van der Waals surface area contributed by atoms with E-state index in [1.807, 2.05) is 35.2 Å². The SMILES string of the molecule is N[C@H]1CCC[C@H]1NC(=O)C1=C2NC(=O)N(c3cccc(-c4ccccc4)c3)C3CCNC(S1)C23. The highest BCUT2D eigenvalue weighted by Crippen LogP contribution is 2.48. The summed E-state index contributed by atoms with van der Waals surface area (Å²) >= 11 is 1.54. The molecule has 34 heavy (non-hydrogen) atoms. The van der Waals surface area contributed by atoms with Gasteiger partial charge in [-0.25, -0.2) is 4.79 Å². The number of carbonyl (C=O) groups is 2. The molecule has 3 fully saturated rings. The molecule has 8 heteroatoms. The van der Waals surface area contributed by atoms with E-state index in [9.17, 15) is 9.59 Å². The second-order valence-corrected chi connectivity index (χ2v) is 10.7. The maximum absolute atomic E-state index is 13.4. The van der Waals surface area contributed by atoms with Crippen molar-refractivity contribution in [2.45, 2.75) is 49.2 Å². The van der Waals surface area contributed by atoms with Crippen molar-refractivity contribution in [3.63, 3.8) is 0 Å². The number of urea groups is 1. The largest absolute Gasteiger partial charge is 0.347 e. The summed E-state index contributed by atoms with van der Waals surface area (Å²) in [5, 5.41) is 9.85. The quantitative estimate of drug-likeness (QED) is 0.545. The van der Waals surface area contributed by atoms with Gasteiger partial charge in [0.05, 0.1) is 16.3 Å². The molecular formula is C26H29N5O2S. The molecule has 0 bridgehead atoms. The molecule has 0 radical (unpaired) electrons. The van der Waals surface area contributed by atoms with Crippen molar-refractivity contribution in [1.82, 2.24) is 16.0 Å². The average Bonchev–Trinajstić information content (AvgIpc) is 3.44. The predicted molar refractivity (Wildman–Crippen MR) is 135 cm³/mol. The second-order valence-electron chi connectivity index (χ2n) is 9.51. The lowest BCUT2D eigenvalue weighted by atomic mass is 9.86. The summed E-state index contributed by atoms with van der Waals surface area (Å²) in [5.41, 5.74) is 10.0. The Morgan fingerprint density at radius 3 is 2.68 bits per heavy atom. The summed E-state index contributed by atoms with van der Waals surface area (Å²) in [6, 6.07) is 18.2. The van der Waals surface area contributed by atoms with Gasteiger partial charge in [0.15, 0.2) is 0 Å². The Balaban J connectivity index is 1.31. The summed E-state index contributed by atoms with van der Waals surface area (Å²) in [6.45, 7) is 0.802. The summed E-state index contributed by atoms with van der Waals surface area (Å²) < 4.78 is 0. The van der Waals surface area contributed by atoms with Crippen molar-refractivity contribution in [3.05, 3.63) is 65.2 Å². The molecular weight excluding hydrogens is 446 g/mol. The van der Waals surface area contributed by atoms with E-state index in [1.165, 1.54) is 11.8 Å². The van der Waals surface area contributed by atoms with Crippen LogP contribution in [-0.2, 0) is 4.79 Å². The molecule has 176 valence electrons. The second kappa shape index (κ2) is 8.76. The minimum Gasteiger partial charge on any atom is -0.347 e. The Kier molecular flexibility index (Phi) is 5.59. The van der Waals surface area contributed by atoms with Gasteiger partial charge in [0.25, 0.3) is 5.91 Å². The fourth-order valence-corrected chi connectivity index (χ4v) is 7.19. The van der Waals surface area contributed by atoms with E-state index in [1.54, 1.807) is 0 Å². The van der Waals surface area contributed by atoms with Gasteiger partial charge >= 0.3 is 6.03 Å². The van der Waals surface area contributed by atoms with Gasteiger partial charge in [-0.3, -0.25) is 9.69 Å². The highest BCUT2D eigenvalue weighted by molar-refractivity contribution is 8.04. The number of hydrogen-bond donors (Lipinski definition) is 4. The molecule has 7 nitrogen and oxygen atoms in total. The molecule has 2 saturated heterocycles. The van der Waals surface area contributed by atoms with E-state index in [2.05, 4.69) is 40.2 Å². The number of rotatable bonds is 4. The maximum Gasteiger partial charge on any atom is 0.326 e. The van der Waals surface area contributed by atoms with Gasteiger partial charge in [-0.05, 0) is 55.5 Å². The van der Waals surface area contributed by atoms with Crippen molar-refractivity contribution < 1.29 is 9.59 Å². The molecule has 3 aliphatic heterocycles. The van der Waals surface area contributed by atoms with E-state index in [0.29, 0.717) is 4.91 Å².